The zero-order valence-electron chi connectivity index (χ0n) is 13.1. The molecule has 1 aliphatic rings. The first-order valence-corrected chi connectivity index (χ1v) is 7.52. The van der Waals surface area contributed by atoms with Crippen molar-refractivity contribution in [3.05, 3.63) is 24.3 Å². The van der Waals surface area contributed by atoms with Crippen LogP contribution in [-0.2, 0) is 28.7 Å². The minimum atomic E-state index is -1.21. The Morgan fingerprint density at radius 3 is 1.33 bits per heavy atom. The Morgan fingerprint density at radius 1 is 0.708 bits per heavy atom. The van der Waals surface area contributed by atoms with Gasteiger partial charge in [0.2, 0.25) is 0 Å². The molecule has 8 heteroatoms. The highest BCUT2D eigenvalue weighted by Gasteiger charge is 2.23. The minimum absolute atomic E-state index is 0.200. The van der Waals surface area contributed by atoms with Crippen molar-refractivity contribution in [3.8, 4) is 0 Å². The van der Waals surface area contributed by atoms with Gasteiger partial charge in [-0.05, 0) is 37.5 Å². The summed E-state index contributed by atoms with van der Waals surface area (Å²) in [7, 11) is 0. The minimum Gasteiger partial charge on any atom is -0.478 e. The van der Waals surface area contributed by atoms with E-state index in [0.29, 0.717) is 0 Å². The highest BCUT2D eigenvalue weighted by Crippen LogP contribution is 2.29. The second-order valence-electron chi connectivity index (χ2n) is 5.49. The molecule has 0 amide bonds. The zero-order chi connectivity index (χ0) is 17.9. The lowest BCUT2D eigenvalue weighted by molar-refractivity contribution is -0.142. The van der Waals surface area contributed by atoms with E-state index in [9.17, 15) is 19.2 Å². The first-order chi connectivity index (χ1) is 11.4. The van der Waals surface area contributed by atoms with Crippen molar-refractivity contribution in [2.75, 3.05) is 13.2 Å². The normalized spacial score (nSPS) is 20.8. The Kier molecular flexibility index (Phi) is 8.24. The smallest absolute Gasteiger partial charge is 0.331 e. The predicted octanol–water partition coefficient (Wildman–Crippen LogP) is 1.16. The number of hydrogen-bond acceptors (Lipinski definition) is 6. The molecule has 1 fully saturated rings. The van der Waals surface area contributed by atoms with E-state index in [2.05, 4.69) is 0 Å². The highest BCUT2D eigenvalue weighted by molar-refractivity contribution is 5.91. The third-order valence-electron chi connectivity index (χ3n) is 3.61. The number of hydrogen-bond donors (Lipinski definition) is 2. The average Bonchev–Trinajstić information content (AvgIpc) is 2.55. The fourth-order valence-corrected chi connectivity index (χ4v) is 2.34. The van der Waals surface area contributed by atoms with Crippen LogP contribution < -0.4 is 0 Å². The fourth-order valence-electron chi connectivity index (χ4n) is 2.34. The van der Waals surface area contributed by atoms with Crippen LogP contribution in [-0.4, -0.2) is 47.3 Å². The molecule has 1 rings (SSSR count). The Labute approximate surface area is 138 Å². The summed E-state index contributed by atoms with van der Waals surface area (Å²) in [5.74, 6) is -3.38. The second kappa shape index (κ2) is 10.2. The number of carboxylic acid groups (broad SMARTS) is 2. The number of ether oxygens (including phenoxy) is 2. The number of carboxylic acids is 2. The molecule has 0 atom stereocenters. The molecule has 0 aromatic rings. The van der Waals surface area contributed by atoms with Gasteiger partial charge >= 0.3 is 23.9 Å². The second-order valence-corrected chi connectivity index (χ2v) is 5.49. The zero-order valence-corrected chi connectivity index (χ0v) is 13.1. The molecule has 8 nitrogen and oxygen atoms in total. The van der Waals surface area contributed by atoms with Crippen molar-refractivity contribution in [1.82, 2.24) is 0 Å². The van der Waals surface area contributed by atoms with Gasteiger partial charge in [-0.15, -0.1) is 0 Å². The van der Waals surface area contributed by atoms with Gasteiger partial charge in [0, 0.05) is 24.3 Å². The van der Waals surface area contributed by atoms with E-state index in [4.69, 9.17) is 19.7 Å². The lowest BCUT2D eigenvalue weighted by Crippen LogP contribution is -2.23. The highest BCUT2D eigenvalue weighted by atomic mass is 16.5. The molecular formula is C16H20O8. The topological polar surface area (TPSA) is 127 Å². The van der Waals surface area contributed by atoms with Gasteiger partial charge in [0.1, 0.15) is 0 Å². The van der Waals surface area contributed by atoms with Crippen molar-refractivity contribution >= 4 is 23.9 Å². The maximum absolute atomic E-state index is 11.3. The van der Waals surface area contributed by atoms with Gasteiger partial charge in [0.15, 0.2) is 0 Å². The number of esters is 2. The van der Waals surface area contributed by atoms with Crippen LogP contribution in [0.5, 0.6) is 0 Å². The van der Waals surface area contributed by atoms with E-state index < -0.39 is 23.9 Å². The Bertz CT molecular complexity index is 478. The van der Waals surface area contributed by atoms with E-state index in [1.165, 1.54) is 0 Å². The lowest BCUT2D eigenvalue weighted by Gasteiger charge is -2.27. The SMILES string of the molecule is O=C(O)C=CC(=O)OCC1CCC(COC(=O)C=CC(=O)O)CC1. The Hall–Kier alpha value is -2.64. The summed E-state index contributed by atoms with van der Waals surface area (Å²) in [6, 6.07) is 0. The van der Waals surface area contributed by atoms with Crippen molar-refractivity contribution < 1.29 is 38.9 Å². The molecule has 0 aromatic heterocycles. The maximum atomic E-state index is 11.3. The molecule has 1 aliphatic carbocycles. The van der Waals surface area contributed by atoms with Gasteiger partial charge in [-0.3, -0.25) is 0 Å². The Balaban J connectivity index is 2.20. The monoisotopic (exact) mass is 340 g/mol. The summed E-state index contributed by atoms with van der Waals surface area (Å²) in [6.07, 6.45) is 6.44. The number of aliphatic carboxylic acids is 2. The molecule has 0 bridgehead atoms. The molecule has 132 valence electrons. The van der Waals surface area contributed by atoms with Gasteiger partial charge in [-0.25, -0.2) is 19.2 Å². The van der Waals surface area contributed by atoms with E-state index in [1.54, 1.807) is 0 Å². The third-order valence-corrected chi connectivity index (χ3v) is 3.61. The van der Waals surface area contributed by atoms with Crippen molar-refractivity contribution in [2.24, 2.45) is 11.8 Å². The van der Waals surface area contributed by atoms with Crippen LogP contribution in [0.15, 0.2) is 24.3 Å². The fraction of sp³-hybridized carbons (Fsp3) is 0.500. The molecule has 0 spiro atoms. The molecule has 0 radical (unpaired) electrons. The molecule has 0 heterocycles. The van der Waals surface area contributed by atoms with Crippen molar-refractivity contribution in [2.45, 2.75) is 25.7 Å². The molecule has 0 unspecified atom stereocenters. The summed E-state index contributed by atoms with van der Waals surface area (Å²) >= 11 is 0. The van der Waals surface area contributed by atoms with E-state index >= 15 is 0 Å². The third kappa shape index (κ3) is 8.72. The van der Waals surface area contributed by atoms with Crippen LogP contribution in [0.3, 0.4) is 0 Å². The Morgan fingerprint density at radius 2 is 1.04 bits per heavy atom. The first-order valence-electron chi connectivity index (χ1n) is 7.52. The van der Waals surface area contributed by atoms with Crippen LogP contribution >= 0.6 is 0 Å². The van der Waals surface area contributed by atoms with E-state index in [1.807, 2.05) is 0 Å². The van der Waals surface area contributed by atoms with Gasteiger partial charge in [-0.2, -0.15) is 0 Å². The molecule has 1 saturated carbocycles. The first kappa shape index (κ1) is 19.4. The van der Waals surface area contributed by atoms with Crippen LogP contribution in [0, 0.1) is 11.8 Å². The lowest BCUT2D eigenvalue weighted by atomic mass is 9.83. The molecule has 2 N–H and O–H groups in total. The summed E-state index contributed by atoms with van der Waals surface area (Å²) in [5.41, 5.74) is 0. The number of carbonyl (C=O) groups is 4. The average molecular weight is 340 g/mol. The van der Waals surface area contributed by atoms with Gasteiger partial charge in [0.25, 0.3) is 0 Å². The van der Waals surface area contributed by atoms with Crippen LogP contribution in [0.4, 0.5) is 0 Å². The number of rotatable bonds is 8. The van der Waals surface area contributed by atoms with Crippen molar-refractivity contribution in [3.63, 3.8) is 0 Å². The van der Waals surface area contributed by atoms with Crippen LogP contribution in [0.1, 0.15) is 25.7 Å². The maximum Gasteiger partial charge on any atom is 0.331 e. The predicted molar refractivity (Wildman–Crippen MR) is 80.9 cm³/mol. The largest absolute Gasteiger partial charge is 0.478 e. The summed E-state index contributed by atoms with van der Waals surface area (Å²) < 4.78 is 9.96. The number of carbonyl (C=O) groups excluding carboxylic acids is 2. The van der Waals surface area contributed by atoms with E-state index in [-0.39, 0.29) is 25.0 Å². The molecule has 0 saturated heterocycles. The molecule has 24 heavy (non-hydrogen) atoms. The molecule has 0 aromatic carbocycles. The van der Waals surface area contributed by atoms with Gasteiger partial charge in [-0.1, -0.05) is 0 Å². The molecule has 0 aliphatic heterocycles. The summed E-state index contributed by atoms with van der Waals surface area (Å²) in [5, 5.41) is 16.8. The van der Waals surface area contributed by atoms with Gasteiger partial charge < -0.3 is 19.7 Å². The summed E-state index contributed by atoms with van der Waals surface area (Å²) in [4.78, 5) is 43.1. The van der Waals surface area contributed by atoms with Crippen molar-refractivity contribution in [1.29, 1.82) is 0 Å². The summed E-state index contributed by atoms with van der Waals surface area (Å²) in [6.45, 7) is 0.466. The standard InChI is InChI=1S/C16H20O8/c17-13(18)5-7-15(21)23-9-11-1-2-12(4-3-11)10-24-16(22)8-6-14(19)20/h5-8,11-12H,1-4,9-10H2,(H,17,18)(H,19,20). The van der Waals surface area contributed by atoms with E-state index in [0.717, 1.165) is 50.0 Å². The van der Waals surface area contributed by atoms with Crippen LogP contribution in [0.2, 0.25) is 0 Å². The molecular weight excluding hydrogens is 320 g/mol. The van der Waals surface area contributed by atoms with Gasteiger partial charge in [0.05, 0.1) is 13.2 Å². The quantitative estimate of drug-likeness (QED) is 0.498. The van der Waals surface area contributed by atoms with Crippen LogP contribution in [0.25, 0.3) is 0 Å².